The molecular weight excluding hydrogens is 268 g/mol. The SMILES string of the molecule is CCOC(=O)c1nc(C(=O)O)c(-c2ccncc2)s1. The Kier molecular flexibility index (Phi) is 3.86. The van der Waals surface area contributed by atoms with Crippen LogP contribution >= 0.6 is 11.3 Å². The second-order valence-corrected chi connectivity index (χ2v) is 4.46. The van der Waals surface area contributed by atoms with Crippen molar-refractivity contribution in [3.05, 3.63) is 35.2 Å². The molecule has 0 aliphatic carbocycles. The van der Waals surface area contributed by atoms with Crippen LogP contribution in [0.5, 0.6) is 0 Å². The number of nitrogens with zero attached hydrogens (tertiary/aromatic N) is 2. The number of carbonyl (C=O) groups is 2. The van der Waals surface area contributed by atoms with E-state index in [2.05, 4.69) is 9.97 Å². The number of rotatable bonds is 4. The molecule has 0 unspecified atom stereocenters. The van der Waals surface area contributed by atoms with Gasteiger partial charge in [-0.2, -0.15) is 0 Å². The Morgan fingerprint density at radius 2 is 2.05 bits per heavy atom. The summed E-state index contributed by atoms with van der Waals surface area (Å²) >= 11 is 0.995. The molecule has 0 saturated carbocycles. The summed E-state index contributed by atoms with van der Waals surface area (Å²) in [5, 5.41) is 9.16. The van der Waals surface area contributed by atoms with Gasteiger partial charge in [-0.05, 0) is 24.6 Å². The van der Waals surface area contributed by atoms with Crippen LogP contribution in [0.25, 0.3) is 10.4 Å². The molecule has 2 aromatic heterocycles. The van der Waals surface area contributed by atoms with Gasteiger partial charge in [0.1, 0.15) is 0 Å². The van der Waals surface area contributed by atoms with Crippen molar-refractivity contribution in [3.63, 3.8) is 0 Å². The molecule has 0 aromatic carbocycles. The number of carbonyl (C=O) groups excluding carboxylic acids is 1. The summed E-state index contributed by atoms with van der Waals surface area (Å²) in [7, 11) is 0. The van der Waals surface area contributed by atoms with Gasteiger partial charge in [0.2, 0.25) is 5.01 Å². The van der Waals surface area contributed by atoms with Crippen LogP contribution in [0.2, 0.25) is 0 Å². The fraction of sp³-hybridized carbons (Fsp3) is 0.167. The molecule has 6 nitrogen and oxygen atoms in total. The minimum absolute atomic E-state index is 0.0334. The maximum absolute atomic E-state index is 11.6. The molecule has 7 heteroatoms. The van der Waals surface area contributed by atoms with Crippen molar-refractivity contribution in [2.24, 2.45) is 0 Å². The number of aromatic carboxylic acids is 1. The van der Waals surface area contributed by atoms with Crippen LogP contribution in [0.1, 0.15) is 27.2 Å². The van der Waals surface area contributed by atoms with E-state index in [4.69, 9.17) is 9.84 Å². The number of pyridine rings is 1. The molecule has 2 aromatic rings. The van der Waals surface area contributed by atoms with Gasteiger partial charge in [0.15, 0.2) is 5.69 Å². The van der Waals surface area contributed by atoms with Gasteiger partial charge >= 0.3 is 11.9 Å². The number of thiazole rings is 1. The number of hydrogen-bond donors (Lipinski definition) is 1. The first-order valence-electron chi connectivity index (χ1n) is 5.45. The van der Waals surface area contributed by atoms with Crippen molar-refractivity contribution in [2.45, 2.75) is 6.92 Å². The Morgan fingerprint density at radius 1 is 1.37 bits per heavy atom. The normalized spacial score (nSPS) is 10.2. The van der Waals surface area contributed by atoms with Crippen molar-refractivity contribution in [1.29, 1.82) is 0 Å². The van der Waals surface area contributed by atoms with Gasteiger partial charge < -0.3 is 9.84 Å². The standard InChI is InChI=1S/C12H10N2O4S/c1-2-18-12(17)10-14-8(11(15)16)9(19-10)7-3-5-13-6-4-7/h3-6H,2H2,1H3,(H,15,16). The van der Waals surface area contributed by atoms with Gasteiger partial charge in [0.25, 0.3) is 0 Å². The molecule has 0 amide bonds. The van der Waals surface area contributed by atoms with Crippen molar-refractivity contribution >= 4 is 23.3 Å². The topological polar surface area (TPSA) is 89.4 Å². The Balaban J connectivity index is 2.48. The summed E-state index contributed by atoms with van der Waals surface area (Å²) in [4.78, 5) is 30.9. The van der Waals surface area contributed by atoms with Crippen LogP contribution < -0.4 is 0 Å². The minimum atomic E-state index is -1.18. The molecule has 19 heavy (non-hydrogen) atoms. The Hall–Kier alpha value is -2.28. The number of aromatic nitrogens is 2. The predicted octanol–water partition coefficient (Wildman–Crippen LogP) is 2.08. The monoisotopic (exact) mass is 278 g/mol. The maximum Gasteiger partial charge on any atom is 0.367 e. The number of carboxylic acids is 1. The van der Waals surface area contributed by atoms with Crippen LogP contribution in [0.15, 0.2) is 24.5 Å². The van der Waals surface area contributed by atoms with Gasteiger partial charge in [0, 0.05) is 12.4 Å². The van der Waals surface area contributed by atoms with E-state index >= 15 is 0 Å². The predicted molar refractivity (Wildman–Crippen MR) is 68.3 cm³/mol. The number of carboxylic acid groups (broad SMARTS) is 1. The highest BCUT2D eigenvalue weighted by molar-refractivity contribution is 7.17. The Morgan fingerprint density at radius 3 is 2.63 bits per heavy atom. The lowest BCUT2D eigenvalue weighted by molar-refractivity contribution is 0.0526. The van der Waals surface area contributed by atoms with Gasteiger partial charge in [-0.1, -0.05) is 0 Å². The highest BCUT2D eigenvalue weighted by Crippen LogP contribution is 2.30. The van der Waals surface area contributed by atoms with E-state index in [1.165, 1.54) is 0 Å². The van der Waals surface area contributed by atoms with E-state index in [-0.39, 0.29) is 17.3 Å². The van der Waals surface area contributed by atoms with Crippen LogP contribution in [-0.4, -0.2) is 33.6 Å². The molecule has 0 radical (unpaired) electrons. The first kappa shape index (κ1) is 13.2. The van der Waals surface area contributed by atoms with Crippen molar-refractivity contribution in [2.75, 3.05) is 6.61 Å². The third-order valence-electron chi connectivity index (χ3n) is 2.22. The largest absolute Gasteiger partial charge is 0.476 e. The summed E-state index contributed by atoms with van der Waals surface area (Å²) in [5.41, 5.74) is 0.500. The third-order valence-corrected chi connectivity index (χ3v) is 3.31. The number of hydrogen-bond acceptors (Lipinski definition) is 6. The molecule has 0 aliphatic rings. The van der Waals surface area contributed by atoms with Crippen molar-refractivity contribution < 1.29 is 19.4 Å². The second-order valence-electron chi connectivity index (χ2n) is 3.46. The Labute approximate surface area is 112 Å². The lowest BCUT2D eigenvalue weighted by atomic mass is 10.2. The van der Waals surface area contributed by atoms with Gasteiger partial charge in [-0.3, -0.25) is 4.98 Å². The van der Waals surface area contributed by atoms with E-state index in [1.807, 2.05) is 0 Å². The molecule has 1 N–H and O–H groups in total. The highest BCUT2D eigenvalue weighted by atomic mass is 32.1. The zero-order chi connectivity index (χ0) is 13.8. The lowest BCUT2D eigenvalue weighted by Crippen LogP contribution is -2.05. The average Bonchev–Trinajstić information content (AvgIpc) is 2.85. The third kappa shape index (κ3) is 2.76. The molecule has 0 aliphatic heterocycles. The van der Waals surface area contributed by atoms with Crippen LogP contribution in [-0.2, 0) is 4.74 Å². The molecule has 0 saturated heterocycles. The quantitative estimate of drug-likeness (QED) is 0.861. The first-order chi connectivity index (χ1) is 9.13. The first-order valence-corrected chi connectivity index (χ1v) is 6.26. The maximum atomic E-state index is 11.6. The molecule has 0 spiro atoms. The fourth-order valence-corrected chi connectivity index (χ4v) is 2.40. The smallest absolute Gasteiger partial charge is 0.367 e. The molecule has 0 fully saturated rings. The molecule has 2 heterocycles. The summed E-state index contributed by atoms with van der Waals surface area (Å²) in [5.74, 6) is -1.80. The summed E-state index contributed by atoms with van der Waals surface area (Å²) in [6, 6.07) is 3.32. The average molecular weight is 278 g/mol. The van der Waals surface area contributed by atoms with Crippen molar-refractivity contribution in [3.8, 4) is 10.4 Å². The van der Waals surface area contributed by atoms with Gasteiger partial charge in [0.05, 0.1) is 11.5 Å². The molecule has 2 rings (SSSR count). The molecular formula is C12H10N2O4S. The number of esters is 1. The van der Waals surface area contributed by atoms with Crippen LogP contribution in [0.4, 0.5) is 0 Å². The summed E-state index contributed by atoms with van der Waals surface area (Å²) in [6.07, 6.45) is 3.09. The molecule has 0 atom stereocenters. The van der Waals surface area contributed by atoms with Gasteiger partial charge in [-0.15, -0.1) is 11.3 Å². The van der Waals surface area contributed by atoms with Crippen molar-refractivity contribution in [1.82, 2.24) is 9.97 Å². The minimum Gasteiger partial charge on any atom is -0.476 e. The Bertz CT molecular complexity index is 609. The zero-order valence-corrected chi connectivity index (χ0v) is 10.8. The second kappa shape index (κ2) is 5.57. The van der Waals surface area contributed by atoms with Gasteiger partial charge in [-0.25, -0.2) is 14.6 Å². The molecule has 0 bridgehead atoms. The summed E-state index contributed by atoms with van der Waals surface area (Å²) in [6.45, 7) is 1.89. The van der Waals surface area contributed by atoms with E-state index < -0.39 is 11.9 Å². The number of ether oxygens (including phenoxy) is 1. The summed E-state index contributed by atoms with van der Waals surface area (Å²) < 4.78 is 4.82. The highest BCUT2D eigenvalue weighted by Gasteiger charge is 2.22. The van der Waals surface area contributed by atoms with E-state index in [0.717, 1.165) is 11.3 Å². The lowest BCUT2D eigenvalue weighted by Gasteiger charge is -1.96. The fourth-order valence-electron chi connectivity index (χ4n) is 1.44. The van der Waals surface area contributed by atoms with E-state index in [1.54, 1.807) is 31.5 Å². The van der Waals surface area contributed by atoms with E-state index in [9.17, 15) is 9.59 Å². The molecule has 98 valence electrons. The van der Waals surface area contributed by atoms with Crippen LogP contribution in [0.3, 0.4) is 0 Å². The van der Waals surface area contributed by atoms with E-state index in [0.29, 0.717) is 10.4 Å². The zero-order valence-electron chi connectivity index (χ0n) is 9.99. The van der Waals surface area contributed by atoms with Crippen LogP contribution in [0, 0.1) is 0 Å².